The van der Waals surface area contributed by atoms with Gasteiger partial charge in [0.25, 0.3) is 5.91 Å². The molecular weight excluding hydrogens is 357 g/mol. The van der Waals surface area contributed by atoms with Crippen LogP contribution in [0.3, 0.4) is 0 Å². The molecule has 10 heteroatoms. The molecule has 1 aliphatic heterocycles. The van der Waals surface area contributed by atoms with Gasteiger partial charge in [0, 0.05) is 6.20 Å². The Morgan fingerprint density at radius 3 is 2.54 bits per heavy atom. The van der Waals surface area contributed by atoms with Crippen molar-refractivity contribution in [2.75, 3.05) is 18.1 Å². The van der Waals surface area contributed by atoms with Crippen LogP contribution in [0.5, 0.6) is 0 Å². The van der Waals surface area contributed by atoms with Gasteiger partial charge >= 0.3 is 12.1 Å². The number of esters is 1. The molecule has 0 aliphatic carbocycles. The van der Waals surface area contributed by atoms with Gasteiger partial charge in [0.1, 0.15) is 11.4 Å². The van der Waals surface area contributed by atoms with Crippen molar-refractivity contribution in [3.63, 3.8) is 0 Å². The number of rotatable bonds is 3. The fraction of sp³-hybridized carbons (Fsp3) is 0.562. The third-order valence-corrected chi connectivity index (χ3v) is 3.41. The smallest absolute Gasteiger partial charge is 0.417 e. The molecule has 1 aromatic rings. The lowest BCUT2D eigenvalue weighted by atomic mass is 10.1. The second kappa shape index (κ2) is 7.20. The molecule has 2 rings (SSSR count). The topological polar surface area (TPSA) is 89.0 Å². The van der Waals surface area contributed by atoms with Crippen LogP contribution in [0.4, 0.5) is 19.0 Å². The molecule has 26 heavy (non-hydrogen) atoms. The van der Waals surface area contributed by atoms with Gasteiger partial charge in [0.05, 0.1) is 18.7 Å². The van der Waals surface area contributed by atoms with E-state index < -0.39 is 41.4 Å². The lowest BCUT2D eigenvalue weighted by Crippen LogP contribution is -2.55. The van der Waals surface area contributed by atoms with Gasteiger partial charge in [0.15, 0.2) is 12.2 Å². The number of carbonyl (C=O) groups excluding carboxylic acids is 2. The normalized spacial score (nSPS) is 20.0. The Labute approximate surface area is 147 Å². The minimum absolute atomic E-state index is 0.0226. The largest absolute Gasteiger partial charge is 0.458 e. The number of pyridine rings is 1. The van der Waals surface area contributed by atoms with Crippen LogP contribution < -0.4 is 4.90 Å². The number of aliphatic hydroxyl groups excluding tert-OH is 1. The Kier molecular flexibility index (Phi) is 5.57. The molecule has 1 N–H and O–H groups in total. The Morgan fingerprint density at radius 2 is 2.04 bits per heavy atom. The summed E-state index contributed by atoms with van der Waals surface area (Å²) in [7, 11) is 0. The number of carbonyl (C=O) groups is 2. The maximum Gasteiger partial charge on any atom is 0.417 e. The zero-order valence-corrected chi connectivity index (χ0v) is 14.4. The molecule has 0 radical (unpaired) electrons. The Balaban J connectivity index is 2.15. The molecule has 2 heterocycles. The number of aromatic nitrogens is 1. The van der Waals surface area contributed by atoms with E-state index in [0.29, 0.717) is 6.20 Å². The van der Waals surface area contributed by atoms with Crippen LogP contribution in [-0.2, 0) is 25.2 Å². The van der Waals surface area contributed by atoms with Gasteiger partial charge in [-0.25, -0.2) is 9.78 Å². The second-order valence-corrected chi connectivity index (χ2v) is 6.66. The standard InChI is InChI=1S/C16H19F3N2O5/c1-15(2,3)26-14(24)11(22)12-13(23)21(6-7-25-12)10-5-4-9(8-20-10)16(17,18)19/h4-5,8,11-12,22H,6-7H2,1-3H3/t11-,12-/m1/s1. The van der Waals surface area contributed by atoms with E-state index >= 15 is 0 Å². The molecule has 144 valence electrons. The van der Waals surface area contributed by atoms with Crippen molar-refractivity contribution < 1.29 is 37.3 Å². The molecule has 1 amide bonds. The summed E-state index contributed by atoms with van der Waals surface area (Å²) < 4.78 is 48.0. The molecule has 0 spiro atoms. The van der Waals surface area contributed by atoms with Crippen LogP contribution in [0.2, 0.25) is 0 Å². The zero-order valence-electron chi connectivity index (χ0n) is 14.4. The molecule has 2 atom stereocenters. The average molecular weight is 376 g/mol. The first-order chi connectivity index (χ1) is 11.9. The third kappa shape index (κ3) is 4.70. The predicted octanol–water partition coefficient (Wildman–Crippen LogP) is 1.53. The summed E-state index contributed by atoms with van der Waals surface area (Å²) >= 11 is 0. The van der Waals surface area contributed by atoms with E-state index in [-0.39, 0.29) is 19.0 Å². The number of morpholine rings is 1. The fourth-order valence-electron chi connectivity index (χ4n) is 2.26. The van der Waals surface area contributed by atoms with Crippen LogP contribution in [0, 0.1) is 0 Å². The number of halogens is 3. The first-order valence-corrected chi connectivity index (χ1v) is 7.77. The minimum atomic E-state index is -4.55. The van der Waals surface area contributed by atoms with E-state index in [2.05, 4.69) is 4.98 Å². The fourth-order valence-corrected chi connectivity index (χ4v) is 2.26. The molecular formula is C16H19F3N2O5. The summed E-state index contributed by atoms with van der Waals surface area (Å²) in [6.45, 7) is 4.78. The van der Waals surface area contributed by atoms with Crippen molar-refractivity contribution >= 4 is 17.7 Å². The first-order valence-electron chi connectivity index (χ1n) is 7.77. The summed E-state index contributed by atoms with van der Waals surface area (Å²) in [5, 5.41) is 10.1. The highest BCUT2D eigenvalue weighted by Gasteiger charge is 2.41. The molecule has 0 bridgehead atoms. The van der Waals surface area contributed by atoms with Crippen molar-refractivity contribution in [1.29, 1.82) is 0 Å². The van der Waals surface area contributed by atoms with E-state index in [0.717, 1.165) is 17.0 Å². The molecule has 1 fully saturated rings. The van der Waals surface area contributed by atoms with E-state index in [1.807, 2.05) is 0 Å². The number of alkyl halides is 3. The van der Waals surface area contributed by atoms with Gasteiger partial charge in [-0.1, -0.05) is 0 Å². The van der Waals surface area contributed by atoms with Gasteiger partial charge in [0.2, 0.25) is 0 Å². The lowest BCUT2D eigenvalue weighted by Gasteiger charge is -2.34. The van der Waals surface area contributed by atoms with E-state index in [9.17, 15) is 27.9 Å². The highest BCUT2D eigenvalue weighted by Crippen LogP contribution is 2.30. The molecule has 1 aromatic heterocycles. The van der Waals surface area contributed by atoms with Crippen molar-refractivity contribution in [3.8, 4) is 0 Å². The summed E-state index contributed by atoms with van der Waals surface area (Å²) in [6, 6.07) is 1.84. The summed E-state index contributed by atoms with van der Waals surface area (Å²) in [5.74, 6) is -1.85. The number of anilines is 1. The molecule has 0 unspecified atom stereocenters. The molecule has 1 aliphatic rings. The van der Waals surface area contributed by atoms with Crippen molar-refractivity contribution in [2.24, 2.45) is 0 Å². The number of aliphatic hydroxyl groups is 1. The van der Waals surface area contributed by atoms with Crippen LogP contribution in [0.1, 0.15) is 26.3 Å². The van der Waals surface area contributed by atoms with Gasteiger partial charge in [-0.2, -0.15) is 13.2 Å². The van der Waals surface area contributed by atoms with Gasteiger partial charge in [-0.15, -0.1) is 0 Å². The van der Waals surface area contributed by atoms with Gasteiger partial charge < -0.3 is 14.6 Å². The Hall–Kier alpha value is -2.20. The minimum Gasteiger partial charge on any atom is -0.458 e. The zero-order chi connectivity index (χ0) is 19.7. The van der Waals surface area contributed by atoms with Gasteiger partial charge in [-0.3, -0.25) is 9.69 Å². The summed E-state index contributed by atoms with van der Waals surface area (Å²) in [4.78, 5) is 29.1. The van der Waals surface area contributed by atoms with E-state index in [1.54, 1.807) is 20.8 Å². The highest BCUT2D eigenvalue weighted by molar-refractivity contribution is 5.99. The monoisotopic (exact) mass is 376 g/mol. The maximum atomic E-state index is 12.6. The van der Waals surface area contributed by atoms with E-state index in [4.69, 9.17) is 9.47 Å². The van der Waals surface area contributed by atoms with Crippen LogP contribution in [0.15, 0.2) is 18.3 Å². The highest BCUT2D eigenvalue weighted by atomic mass is 19.4. The number of hydrogen-bond acceptors (Lipinski definition) is 6. The quantitative estimate of drug-likeness (QED) is 0.805. The van der Waals surface area contributed by atoms with E-state index in [1.165, 1.54) is 0 Å². The Bertz CT molecular complexity index is 670. The van der Waals surface area contributed by atoms with Crippen molar-refractivity contribution in [3.05, 3.63) is 23.9 Å². The molecule has 1 saturated heterocycles. The van der Waals surface area contributed by atoms with Crippen LogP contribution in [-0.4, -0.2) is 52.9 Å². The third-order valence-electron chi connectivity index (χ3n) is 3.41. The molecule has 7 nitrogen and oxygen atoms in total. The second-order valence-electron chi connectivity index (χ2n) is 6.66. The van der Waals surface area contributed by atoms with Gasteiger partial charge in [-0.05, 0) is 32.9 Å². The first kappa shape index (κ1) is 20.1. The average Bonchev–Trinajstić information content (AvgIpc) is 2.52. The summed E-state index contributed by atoms with van der Waals surface area (Å²) in [5.41, 5.74) is -1.82. The van der Waals surface area contributed by atoms with Crippen LogP contribution in [0.25, 0.3) is 0 Å². The lowest BCUT2D eigenvalue weighted by molar-refractivity contribution is -0.177. The van der Waals surface area contributed by atoms with Crippen molar-refractivity contribution in [2.45, 2.75) is 44.8 Å². The molecule has 0 saturated carbocycles. The van der Waals surface area contributed by atoms with Crippen molar-refractivity contribution in [1.82, 2.24) is 4.98 Å². The number of hydrogen-bond donors (Lipinski definition) is 1. The number of amides is 1. The predicted molar refractivity (Wildman–Crippen MR) is 83.2 cm³/mol. The Morgan fingerprint density at radius 1 is 1.38 bits per heavy atom. The number of ether oxygens (including phenoxy) is 2. The maximum absolute atomic E-state index is 12.6. The summed E-state index contributed by atoms with van der Waals surface area (Å²) in [6.07, 6.45) is -7.32. The SMILES string of the molecule is CC(C)(C)OC(=O)[C@H](O)[C@H]1OCCN(c2ccc(C(F)(F)F)cn2)C1=O. The molecule has 0 aromatic carbocycles. The number of nitrogens with zero attached hydrogens (tertiary/aromatic N) is 2. The van der Waals surface area contributed by atoms with Crippen LogP contribution >= 0.6 is 0 Å².